The van der Waals surface area contributed by atoms with Gasteiger partial charge in [-0.3, -0.25) is 4.79 Å². The van der Waals surface area contributed by atoms with Crippen LogP contribution in [0, 0.1) is 0 Å². The van der Waals surface area contributed by atoms with E-state index < -0.39 is 5.60 Å². The number of carbonyl (C=O) groups excluding carboxylic acids is 2. The zero-order chi connectivity index (χ0) is 17.5. The van der Waals surface area contributed by atoms with Crippen molar-refractivity contribution in [2.75, 3.05) is 13.1 Å². The van der Waals surface area contributed by atoms with Gasteiger partial charge in [-0.25, -0.2) is 4.79 Å². The van der Waals surface area contributed by atoms with Gasteiger partial charge in [-0.2, -0.15) is 0 Å². The van der Waals surface area contributed by atoms with Gasteiger partial charge in [-0.05, 0) is 51.3 Å². The highest BCUT2D eigenvalue weighted by atomic mass is 79.9. The number of carbonyl (C=O) groups is 2. The predicted molar refractivity (Wildman–Crippen MR) is 94.8 cm³/mol. The zero-order valence-electron chi connectivity index (χ0n) is 14.3. The van der Waals surface area contributed by atoms with Crippen molar-refractivity contribution >= 4 is 27.9 Å². The Bertz CT molecular complexity index is 669. The summed E-state index contributed by atoms with van der Waals surface area (Å²) in [5.74, 6) is 0.0577. The van der Waals surface area contributed by atoms with E-state index >= 15 is 0 Å². The van der Waals surface area contributed by atoms with Crippen molar-refractivity contribution < 1.29 is 14.3 Å². The molecule has 0 N–H and O–H groups in total. The quantitative estimate of drug-likeness (QED) is 0.727. The fourth-order valence-electron chi connectivity index (χ4n) is 3.29. The second-order valence-electron chi connectivity index (χ2n) is 7.46. The molecule has 0 radical (unpaired) electrons. The monoisotopic (exact) mass is 394 g/mol. The Labute approximate surface area is 151 Å². The summed E-state index contributed by atoms with van der Waals surface area (Å²) >= 11 is 3.42. The minimum Gasteiger partial charge on any atom is -0.444 e. The molecule has 1 aromatic carbocycles. The molecule has 6 heteroatoms. The number of hydrogen-bond acceptors (Lipinski definition) is 3. The van der Waals surface area contributed by atoms with Crippen LogP contribution in [-0.2, 0) is 11.3 Å². The highest BCUT2D eigenvalue weighted by Gasteiger charge is 2.36. The average Bonchev–Trinajstić information content (AvgIpc) is 2.83. The second kappa shape index (κ2) is 6.39. The lowest BCUT2D eigenvalue weighted by atomic mass is 10.0. The third kappa shape index (κ3) is 3.58. The molecule has 3 rings (SSSR count). The summed E-state index contributed by atoms with van der Waals surface area (Å²) in [4.78, 5) is 28.7. The molecule has 1 fully saturated rings. The number of rotatable bonds is 1. The molecule has 0 spiro atoms. The van der Waals surface area contributed by atoms with Crippen LogP contribution in [0.15, 0.2) is 22.7 Å². The van der Waals surface area contributed by atoms with Crippen LogP contribution in [0.1, 0.15) is 49.5 Å². The van der Waals surface area contributed by atoms with Gasteiger partial charge in [0.1, 0.15) is 5.60 Å². The van der Waals surface area contributed by atoms with E-state index in [0.29, 0.717) is 19.6 Å². The fraction of sp³-hybridized carbons (Fsp3) is 0.556. The third-order valence-corrected chi connectivity index (χ3v) is 4.89. The molecule has 24 heavy (non-hydrogen) atoms. The molecule has 2 heterocycles. The summed E-state index contributed by atoms with van der Waals surface area (Å²) in [7, 11) is 0. The van der Waals surface area contributed by atoms with E-state index in [-0.39, 0.29) is 18.0 Å². The summed E-state index contributed by atoms with van der Waals surface area (Å²) in [6.45, 7) is 7.44. The number of ether oxygens (including phenoxy) is 1. The van der Waals surface area contributed by atoms with Crippen LogP contribution in [0.25, 0.3) is 0 Å². The average molecular weight is 395 g/mol. The molecular weight excluding hydrogens is 372 g/mol. The topological polar surface area (TPSA) is 49.9 Å². The summed E-state index contributed by atoms with van der Waals surface area (Å²) < 4.78 is 6.38. The van der Waals surface area contributed by atoms with Crippen LogP contribution in [-0.4, -0.2) is 46.5 Å². The van der Waals surface area contributed by atoms with Crippen molar-refractivity contribution in [3.63, 3.8) is 0 Å². The number of piperidine rings is 1. The van der Waals surface area contributed by atoms with Gasteiger partial charge in [-0.1, -0.05) is 22.0 Å². The van der Waals surface area contributed by atoms with Crippen LogP contribution >= 0.6 is 15.9 Å². The molecule has 0 bridgehead atoms. The minimum absolute atomic E-state index is 0.0462. The Morgan fingerprint density at radius 3 is 2.79 bits per heavy atom. The van der Waals surface area contributed by atoms with Gasteiger partial charge in [-0.15, -0.1) is 0 Å². The lowest BCUT2D eigenvalue weighted by Crippen LogP contribution is -2.50. The molecule has 2 amide bonds. The predicted octanol–water partition coefficient (Wildman–Crippen LogP) is 3.80. The first-order valence-electron chi connectivity index (χ1n) is 8.32. The molecule has 0 saturated carbocycles. The first-order valence-corrected chi connectivity index (χ1v) is 9.11. The minimum atomic E-state index is -0.504. The normalized spacial score (nSPS) is 21.0. The molecular formula is C18H23BrN2O3. The maximum absolute atomic E-state index is 12.7. The lowest BCUT2D eigenvalue weighted by molar-refractivity contribution is 0.0106. The van der Waals surface area contributed by atoms with E-state index in [1.807, 2.05) is 43.9 Å². The molecule has 1 saturated heterocycles. The van der Waals surface area contributed by atoms with Crippen molar-refractivity contribution in [3.05, 3.63) is 33.8 Å². The number of halogens is 1. The van der Waals surface area contributed by atoms with Crippen LogP contribution in [0.4, 0.5) is 4.79 Å². The molecule has 130 valence electrons. The van der Waals surface area contributed by atoms with Crippen molar-refractivity contribution in [2.45, 2.75) is 51.8 Å². The lowest BCUT2D eigenvalue weighted by Gasteiger charge is -2.38. The van der Waals surface area contributed by atoms with Gasteiger partial charge >= 0.3 is 6.09 Å². The van der Waals surface area contributed by atoms with Crippen LogP contribution in [0.3, 0.4) is 0 Å². The molecule has 0 aromatic heterocycles. The van der Waals surface area contributed by atoms with E-state index in [9.17, 15) is 9.59 Å². The molecule has 0 aliphatic carbocycles. The Morgan fingerprint density at radius 1 is 1.33 bits per heavy atom. The maximum atomic E-state index is 12.7. The van der Waals surface area contributed by atoms with Crippen LogP contribution in [0.2, 0.25) is 0 Å². The Balaban J connectivity index is 1.70. The van der Waals surface area contributed by atoms with Crippen molar-refractivity contribution in [1.29, 1.82) is 0 Å². The van der Waals surface area contributed by atoms with Crippen molar-refractivity contribution in [1.82, 2.24) is 9.80 Å². The standard InChI is InChI=1S/C18H23BrN2O3/c1-18(2,3)24-17(23)20-8-4-5-14(11-20)21-10-12-6-7-13(19)9-15(12)16(21)22/h6-7,9,14H,4-5,8,10-11H2,1-3H3/t14-/m1/s1. The van der Waals surface area contributed by atoms with E-state index in [1.165, 1.54) is 0 Å². The summed E-state index contributed by atoms with van der Waals surface area (Å²) in [6.07, 6.45) is 1.51. The van der Waals surface area contributed by atoms with Crippen molar-refractivity contribution in [3.8, 4) is 0 Å². The van der Waals surface area contributed by atoms with Crippen LogP contribution in [0.5, 0.6) is 0 Å². The number of benzene rings is 1. The number of amides is 2. The largest absolute Gasteiger partial charge is 0.444 e. The SMILES string of the molecule is CC(C)(C)OC(=O)N1CCC[C@@H](N2Cc3ccc(Br)cc3C2=O)C1. The molecule has 0 unspecified atom stereocenters. The summed E-state index contributed by atoms with van der Waals surface area (Å²) in [5.41, 5.74) is 1.31. The number of hydrogen-bond donors (Lipinski definition) is 0. The van der Waals surface area contributed by atoms with E-state index in [0.717, 1.165) is 28.4 Å². The second-order valence-corrected chi connectivity index (χ2v) is 8.37. The summed E-state index contributed by atoms with van der Waals surface area (Å²) in [6, 6.07) is 5.88. The van der Waals surface area contributed by atoms with Crippen LogP contribution < -0.4 is 0 Å². The Kier molecular flexibility index (Phi) is 4.60. The zero-order valence-corrected chi connectivity index (χ0v) is 15.9. The highest BCUT2D eigenvalue weighted by molar-refractivity contribution is 9.10. The molecule has 5 nitrogen and oxygen atoms in total. The Hall–Kier alpha value is -1.56. The van der Waals surface area contributed by atoms with Crippen molar-refractivity contribution in [2.24, 2.45) is 0 Å². The third-order valence-electron chi connectivity index (χ3n) is 4.39. The van der Waals surface area contributed by atoms with Gasteiger partial charge in [0.2, 0.25) is 0 Å². The smallest absolute Gasteiger partial charge is 0.410 e. The van der Waals surface area contributed by atoms with E-state index in [2.05, 4.69) is 15.9 Å². The Morgan fingerprint density at radius 2 is 2.08 bits per heavy atom. The van der Waals surface area contributed by atoms with Gasteiger partial charge in [0.25, 0.3) is 5.91 Å². The van der Waals surface area contributed by atoms with E-state index in [4.69, 9.17) is 4.74 Å². The molecule has 1 atom stereocenters. The molecule has 2 aliphatic heterocycles. The highest BCUT2D eigenvalue weighted by Crippen LogP contribution is 2.30. The fourth-order valence-corrected chi connectivity index (χ4v) is 3.65. The number of likely N-dealkylation sites (tertiary alicyclic amines) is 1. The molecule has 1 aromatic rings. The summed E-state index contributed by atoms with van der Waals surface area (Å²) in [5, 5.41) is 0. The maximum Gasteiger partial charge on any atom is 0.410 e. The molecule has 2 aliphatic rings. The van der Waals surface area contributed by atoms with Gasteiger partial charge in [0, 0.05) is 29.7 Å². The first kappa shape index (κ1) is 17.3. The van der Waals surface area contributed by atoms with Gasteiger partial charge in [0.05, 0.1) is 6.04 Å². The van der Waals surface area contributed by atoms with Gasteiger partial charge in [0.15, 0.2) is 0 Å². The number of nitrogens with zero attached hydrogens (tertiary/aromatic N) is 2. The number of fused-ring (bicyclic) bond motifs is 1. The first-order chi connectivity index (χ1) is 11.2. The van der Waals surface area contributed by atoms with E-state index in [1.54, 1.807) is 4.90 Å². The van der Waals surface area contributed by atoms with Gasteiger partial charge < -0.3 is 14.5 Å².